The molecule has 55 heavy (non-hydrogen) atoms. The third kappa shape index (κ3) is 6.22. The van der Waals surface area contributed by atoms with E-state index in [1.807, 2.05) is 122 Å². The lowest BCUT2D eigenvalue weighted by Crippen LogP contribution is -2.00. The monoisotopic (exact) mass is 705 g/mol. The smallest absolute Gasteiger partial charge is 0.164 e. The number of rotatable bonds is 7. The second kappa shape index (κ2) is 13.8. The lowest BCUT2D eigenvalue weighted by Gasteiger charge is -2.10. The molecule has 0 aliphatic rings. The van der Waals surface area contributed by atoms with E-state index in [1.54, 1.807) is 0 Å². The Morgan fingerprint density at radius 2 is 0.800 bits per heavy atom. The fourth-order valence-corrected chi connectivity index (χ4v) is 7.06. The lowest BCUT2D eigenvalue weighted by molar-refractivity contribution is 0.670. The van der Waals surface area contributed by atoms with Gasteiger partial charge in [-0.2, -0.15) is 0 Å². The van der Waals surface area contributed by atoms with Crippen molar-refractivity contribution >= 4 is 21.9 Å². The molecule has 0 aliphatic carbocycles. The Labute approximate surface area is 317 Å². The van der Waals surface area contributed by atoms with Crippen LogP contribution in [0.2, 0.25) is 0 Å². The largest absolute Gasteiger partial charge is 0.455 e. The molecule has 0 spiro atoms. The van der Waals surface area contributed by atoms with Crippen LogP contribution in [-0.4, -0.2) is 24.9 Å². The van der Waals surface area contributed by atoms with Crippen LogP contribution in [0.5, 0.6) is 0 Å². The number of fused-ring (bicyclic) bond motifs is 3. The van der Waals surface area contributed by atoms with E-state index in [0.29, 0.717) is 17.5 Å². The minimum Gasteiger partial charge on any atom is -0.455 e. The van der Waals surface area contributed by atoms with Gasteiger partial charge in [0, 0.05) is 56.5 Å². The summed E-state index contributed by atoms with van der Waals surface area (Å²) in [6, 6.07) is 59.8. The summed E-state index contributed by atoms with van der Waals surface area (Å²) >= 11 is 0. The normalized spacial score (nSPS) is 11.3. The molecule has 0 amide bonds. The molecule has 10 aromatic rings. The molecule has 0 atom stereocenters. The van der Waals surface area contributed by atoms with E-state index in [9.17, 15) is 0 Å². The number of nitrogens with zero attached hydrogens (tertiary/aromatic N) is 5. The number of hydrogen-bond acceptors (Lipinski definition) is 6. The zero-order chi connectivity index (χ0) is 36.6. The molecule has 6 nitrogen and oxygen atoms in total. The minimum atomic E-state index is 0.593. The molecule has 4 heterocycles. The molecule has 0 N–H and O–H groups in total. The standard InChI is InChI=1S/C49H31N5O/c1-3-11-36(12-4-1)47-52-48(37-13-5-2-6-14-37)54-49(53-47)38-25-26-45-41(29-38)42-31-39(32-17-21-34(22-18-32)43-15-7-9-27-50-43)30-40(46(42)55-45)33-19-23-35(24-20-33)44-16-8-10-28-51-44/h1-31H. The molecular weight excluding hydrogens is 675 g/mol. The van der Waals surface area contributed by atoms with Crippen molar-refractivity contribution in [1.29, 1.82) is 0 Å². The molecule has 0 aliphatic heterocycles. The summed E-state index contributed by atoms with van der Waals surface area (Å²) in [5.41, 5.74) is 12.5. The zero-order valence-corrected chi connectivity index (χ0v) is 29.5. The second-order valence-corrected chi connectivity index (χ2v) is 13.3. The minimum absolute atomic E-state index is 0.593. The second-order valence-electron chi connectivity index (χ2n) is 13.3. The molecule has 6 heteroatoms. The van der Waals surface area contributed by atoms with Crippen LogP contribution < -0.4 is 0 Å². The number of furan rings is 1. The number of pyridine rings is 2. The summed E-state index contributed by atoms with van der Waals surface area (Å²) in [7, 11) is 0. The number of aromatic nitrogens is 5. The Hall–Kier alpha value is -7.57. The van der Waals surface area contributed by atoms with E-state index < -0.39 is 0 Å². The third-order valence-corrected chi connectivity index (χ3v) is 9.86. The van der Waals surface area contributed by atoms with Crippen molar-refractivity contribution in [2.75, 3.05) is 0 Å². The molecule has 6 aromatic carbocycles. The third-order valence-electron chi connectivity index (χ3n) is 9.86. The molecule has 0 saturated heterocycles. The molecule has 0 bridgehead atoms. The van der Waals surface area contributed by atoms with Crippen molar-refractivity contribution in [2.45, 2.75) is 0 Å². The van der Waals surface area contributed by atoms with Gasteiger partial charge in [0.1, 0.15) is 11.2 Å². The Balaban J connectivity index is 1.14. The maximum atomic E-state index is 6.72. The van der Waals surface area contributed by atoms with Crippen LogP contribution in [-0.2, 0) is 0 Å². The molecule has 10 rings (SSSR count). The van der Waals surface area contributed by atoms with Crippen molar-refractivity contribution in [3.63, 3.8) is 0 Å². The molecule has 258 valence electrons. The molecule has 0 unspecified atom stereocenters. The van der Waals surface area contributed by atoms with Gasteiger partial charge in [-0.15, -0.1) is 0 Å². The van der Waals surface area contributed by atoms with Gasteiger partial charge in [0.25, 0.3) is 0 Å². The van der Waals surface area contributed by atoms with E-state index in [-0.39, 0.29) is 0 Å². The van der Waals surface area contributed by atoms with Crippen molar-refractivity contribution < 1.29 is 4.42 Å². The Kier molecular flexibility index (Phi) is 8.04. The van der Waals surface area contributed by atoms with Crippen LogP contribution in [0.3, 0.4) is 0 Å². The van der Waals surface area contributed by atoms with Crippen LogP contribution >= 0.6 is 0 Å². The first-order chi connectivity index (χ1) is 27.2. The highest BCUT2D eigenvalue weighted by Gasteiger charge is 2.18. The first-order valence-electron chi connectivity index (χ1n) is 18.1. The maximum Gasteiger partial charge on any atom is 0.164 e. The quantitative estimate of drug-likeness (QED) is 0.164. The number of benzene rings is 6. The summed E-state index contributed by atoms with van der Waals surface area (Å²) < 4.78 is 6.72. The van der Waals surface area contributed by atoms with Crippen LogP contribution in [0.4, 0.5) is 0 Å². The predicted octanol–water partition coefficient (Wildman–Crippen LogP) is 12.2. The van der Waals surface area contributed by atoms with Gasteiger partial charge < -0.3 is 4.42 Å². The average molecular weight is 706 g/mol. The van der Waals surface area contributed by atoms with Crippen molar-refractivity contribution in [3.05, 3.63) is 188 Å². The maximum absolute atomic E-state index is 6.72. The summed E-state index contributed by atoms with van der Waals surface area (Å²) in [6.45, 7) is 0. The number of hydrogen-bond donors (Lipinski definition) is 0. The van der Waals surface area contributed by atoms with Gasteiger partial charge in [-0.3, -0.25) is 9.97 Å². The summed E-state index contributed by atoms with van der Waals surface area (Å²) in [5, 5.41) is 1.99. The average Bonchev–Trinajstić information content (AvgIpc) is 3.65. The van der Waals surface area contributed by atoms with E-state index in [2.05, 4.69) is 76.7 Å². The van der Waals surface area contributed by atoms with Crippen LogP contribution in [0.25, 0.3) is 101 Å². The van der Waals surface area contributed by atoms with Crippen LogP contribution in [0.15, 0.2) is 193 Å². The SMILES string of the molecule is c1ccc(-c2nc(-c3ccccc3)nc(-c3ccc4oc5c(-c6ccc(-c7ccccn7)cc6)cc(-c6ccc(-c7ccccn7)cc6)cc5c4c3)n2)cc1. The molecule has 0 saturated carbocycles. The fraction of sp³-hybridized carbons (Fsp3) is 0. The Bertz CT molecular complexity index is 2870. The van der Waals surface area contributed by atoms with Gasteiger partial charge in [0.2, 0.25) is 0 Å². The van der Waals surface area contributed by atoms with Gasteiger partial charge in [0.05, 0.1) is 11.4 Å². The molecule has 0 radical (unpaired) electrons. The molecule has 4 aromatic heterocycles. The molecular formula is C49H31N5O. The Morgan fingerprint density at radius 3 is 1.35 bits per heavy atom. The molecule has 0 fully saturated rings. The van der Waals surface area contributed by atoms with E-state index in [0.717, 1.165) is 83.4 Å². The van der Waals surface area contributed by atoms with E-state index in [4.69, 9.17) is 19.4 Å². The van der Waals surface area contributed by atoms with Crippen LogP contribution in [0, 0.1) is 0 Å². The topological polar surface area (TPSA) is 77.6 Å². The highest BCUT2D eigenvalue weighted by molar-refractivity contribution is 6.12. The highest BCUT2D eigenvalue weighted by Crippen LogP contribution is 2.41. The first kappa shape index (κ1) is 32.1. The lowest BCUT2D eigenvalue weighted by atomic mass is 9.94. The van der Waals surface area contributed by atoms with Crippen LogP contribution in [0.1, 0.15) is 0 Å². The van der Waals surface area contributed by atoms with Gasteiger partial charge >= 0.3 is 0 Å². The van der Waals surface area contributed by atoms with Gasteiger partial charge in [0.15, 0.2) is 17.5 Å². The summed E-state index contributed by atoms with van der Waals surface area (Å²) in [6.07, 6.45) is 3.64. The van der Waals surface area contributed by atoms with E-state index >= 15 is 0 Å². The Morgan fingerprint density at radius 1 is 0.327 bits per heavy atom. The van der Waals surface area contributed by atoms with E-state index in [1.165, 1.54) is 0 Å². The summed E-state index contributed by atoms with van der Waals surface area (Å²) in [4.78, 5) is 24.0. The highest BCUT2D eigenvalue weighted by atomic mass is 16.3. The van der Waals surface area contributed by atoms with Gasteiger partial charge in [-0.25, -0.2) is 15.0 Å². The fourth-order valence-electron chi connectivity index (χ4n) is 7.06. The zero-order valence-electron chi connectivity index (χ0n) is 29.5. The predicted molar refractivity (Wildman–Crippen MR) is 221 cm³/mol. The van der Waals surface area contributed by atoms with Crippen molar-refractivity contribution in [3.8, 4) is 78.9 Å². The van der Waals surface area contributed by atoms with Gasteiger partial charge in [-0.1, -0.05) is 121 Å². The first-order valence-corrected chi connectivity index (χ1v) is 18.1. The van der Waals surface area contributed by atoms with Crippen molar-refractivity contribution in [1.82, 2.24) is 24.9 Å². The van der Waals surface area contributed by atoms with Gasteiger partial charge in [-0.05, 0) is 71.3 Å². The summed E-state index contributed by atoms with van der Waals surface area (Å²) in [5.74, 6) is 1.83. The van der Waals surface area contributed by atoms with Crippen molar-refractivity contribution in [2.24, 2.45) is 0 Å².